The third kappa shape index (κ3) is 3.36. The number of hydrogen-bond donors (Lipinski definition) is 1. The number of hydrogen-bond acceptors (Lipinski definition) is 5. The van der Waals surface area contributed by atoms with E-state index < -0.39 is 0 Å². The van der Waals surface area contributed by atoms with Crippen LogP contribution in [0.15, 0.2) is 16.6 Å². The Morgan fingerprint density at radius 2 is 2.32 bits per heavy atom. The van der Waals surface area contributed by atoms with Crippen molar-refractivity contribution in [2.75, 3.05) is 5.75 Å². The van der Waals surface area contributed by atoms with E-state index in [-0.39, 0.29) is 11.7 Å². The van der Waals surface area contributed by atoms with Gasteiger partial charge >= 0.3 is 0 Å². The Balaban J connectivity index is 2.18. The van der Waals surface area contributed by atoms with Crippen LogP contribution in [-0.4, -0.2) is 26.4 Å². The van der Waals surface area contributed by atoms with Crippen LogP contribution in [0, 0.1) is 0 Å². The second-order valence-electron chi connectivity index (χ2n) is 4.17. The van der Waals surface area contributed by atoms with Gasteiger partial charge in [0.1, 0.15) is 0 Å². The molecule has 0 saturated carbocycles. The molecular formula is C12H16N4OS2. The summed E-state index contributed by atoms with van der Waals surface area (Å²) in [4.78, 5) is 12.1. The molecular weight excluding hydrogens is 280 g/mol. The number of carbonyl (C=O) groups excluding carboxylic acids is 1. The molecule has 2 rings (SSSR count). The number of nitrogens with zero attached hydrogens (tertiary/aromatic N) is 3. The summed E-state index contributed by atoms with van der Waals surface area (Å²) in [5, 5.41) is 11.1. The molecule has 0 aromatic carbocycles. The average Bonchev–Trinajstić information content (AvgIpc) is 2.94. The Morgan fingerprint density at radius 3 is 3.00 bits per heavy atom. The molecule has 2 N–H and O–H groups in total. The first-order valence-corrected chi connectivity index (χ1v) is 7.86. The zero-order valence-corrected chi connectivity index (χ0v) is 12.6. The molecule has 1 amide bonds. The van der Waals surface area contributed by atoms with Gasteiger partial charge in [-0.05, 0) is 12.5 Å². The predicted octanol–water partition coefficient (Wildman–Crippen LogP) is 2.07. The van der Waals surface area contributed by atoms with Crippen molar-refractivity contribution in [2.45, 2.75) is 24.9 Å². The number of primary amides is 1. The van der Waals surface area contributed by atoms with Gasteiger partial charge in [-0.2, -0.15) is 0 Å². The van der Waals surface area contributed by atoms with Crippen LogP contribution in [0.2, 0.25) is 0 Å². The number of rotatable bonds is 6. The summed E-state index contributed by atoms with van der Waals surface area (Å²) < 4.78 is 1.89. The number of nitrogens with two attached hydrogens (primary N) is 1. The van der Waals surface area contributed by atoms with E-state index in [1.165, 1.54) is 16.6 Å². The summed E-state index contributed by atoms with van der Waals surface area (Å²) in [5.41, 5.74) is 6.21. The van der Waals surface area contributed by atoms with Crippen molar-refractivity contribution < 1.29 is 4.79 Å². The molecule has 102 valence electrons. The van der Waals surface area contributed by atoms with Crippen molar-refractivity contribution in [3.8, 4) is 11.4 Å². The molecule has 0 bridgehead atoms. The SMILES string of the molecule is CCCc1cc(-c2nnc(SCC(N)=O)n2C)cs1. The van der Waals surface area contributed by atoms with Gasteiger partial charge in [0.2, 0.25) is 5.91 Å². The second-order valence-corrected chi connectivity index (χ2v) is 6.11. The van der Waals surface area contributed by atoms with Gasteiger partial charge < -0.3 is 10.3 Å². The van der Waals surface area contributed by atoms with Crippen molar-refractivity contribution in [2.24, 2.45) is 12.8 Å². The van der Waals surface area contributed by atoms with Crippen LogP contribution in [0.5, 0.6) is 0 Å². The number of amides is 1. The Bertz CT molecular complexity index is 576. The predicted molar refractivity (Wildman–Crippen MR) is 78.2 cm³/mol. The lowest BCUT2D eigenvalue weighted by Crippen LogP contribution is -2.13. The fourth-order valence-corrected chi connectivity index (χ4v) is 3.32. The summed E-state index contributed by atoms with van der Waals surface area (Å²) >= 11 is 3.05. The molecule has 0 unspecified atom stereocenters. The molecule has 0 aliphatic carbocycles. The first-order chi connectivity index (χ1) is 9.11. The van der Waals surface area contributed by atoms with Crippen molar-refractivity contribution in [1.82, 2.24) is 14.8 Å². The van der Waals surface area contributed by atoms with Gasteiger partial charge in [0.25, 0.3) is 0 Å². The van der Waals surface area contributed by atoms with Crippen LogP contribution in [0.1, 0.15) is 18.2 Å². The maximum absolute atomic E-state index is 10.8. The molecule has 0 radical (unpaired) electrons. The molecule has 0 aliphatic rings. The molecule has 2 aromatic rings. The van der Waals surface area contributed by atoms with Gasteiger partial charge in [-0.1, -0.05) is 25.1 Å². The third-order valence-corrected chi connectivity index (χ3v) is 4.63. The fourth-order valence-electron chi connectivity index (χ4n) is 1.70. The first kappa shape index (κ1) is 14.1. The van der Waals surface area contributed by atoms with Gasteiger partial charge in [0.15, 0.2) is 11.0 Å². The number of aryl methyl sites for hydroxylation is 1. The number of thioether (sulfide) groups is 1. The van der Waals surface area contributed by atoms with Crippen LogP contribution in [0.4, 0.5) is 0 Å². The molecule has 0 saturated heterocycles. The lowest BCUT2D eigenvalue weighted by Gasteiger charge is -2.00. The van der Waals surface area contributed by atoms with Crippen LogP contribution in [0.3, 0.4) is 0 Å². The van der Waals surface area contributed by atoms with Gasteiger partial charge in [-0.15, -0.1) is 21.5 Å². The van der Waals surface area contributed by atoms with Crippen molar-refractivity contribution >= 4 is 29.0 Å². The Labute approximate surface area is 120 Å². The Kier molecular flexibility index (Phi) is 4.60. The summed E-state index contributed by atoms with van der Waals surface area (Å²) in [7, 11) is 1.90. The van der Waals surface area contributed by atoms with Gasteiger partial charge in [-0.25, -0.2) is 0 Å². The molecule has 2 aromatic heterocycles. The Hall–Kier alpha value is -1.34. The lowest BCUT2D eigenvalue weighted by molar-refractivity contribution is -0.115. The van der Waals surface area contributed by atoms with Crippen LogP contribution >= 0.6 is 23.1 Å². The van der Waals surface area contributed by atoms with E-state index in [4.69, 9.17) is 5.73 Å². The summed E-state index contributed by atoms with van der Waals surface area (Å²) in [5.74, 6) is 0.692. The number of aromatic nitrogens is 3. The van der Waals surface area contributed by atoms with E-state index in [1.807, 2.05) is 11.6 Å². The maximum atomic E-state index is 10.8. The average molecular weight is 296 g/mol. The van der Waals surface area contributed by atoms with Crippen LogP contribution in [-0.2, 0) is 18.3 Å². The molecule has 0 atom stereocenters. The maximum Gasteiger partial charge on any atom is 0.227 e. The second kappa shape index (κ2) is 6.21. The minimum Gasteiger partial charge on any atom is -0.369 e. The highest BCUT2D eigenvalue weighted by Gasteiger charge is 2.13. The smallest absolute Gasteiger partial charge is 0.227 e. The minimum atomic E-state index is -0.352. The fraction of sp³-hybridized carbons (Fsp3) is 0.417. The van der Waals surface area contributed by atoms with E-state index in [2.05, 4.69) is 28.6 Å². The zero-order valence-electron chi connectivity index (χ0n) is 10.9. The van der Waals surface area contributed by atoms with E-state index in [1.54, 1.807) is 11.3 Å². The van der Waals surface area contributed by atoms with Crippen molar-refractivity contribution in [1.29, 1.82) is 0 Å². The highest BCUT2D eigenvalue weighted by molar-refractivity contribution is 7.99. The van der Waals surface area contributed by atoms with Crippen molar-refractivity contribution in [3.05, 3.63) is 16.3 Å². The van der Waals surface area contributed by atoms with Crippen LogP contribution < -0.4 is 5.73 Å². The van der Waals surface area contributed by atoms with Crippen molar-refractivity contribution in [3.63, 3.8) is 0 Å². The highest BCUT2D eigenvalue weighted by atomic mass is 32.2. The largest absolute Gasteiger partial charge is 0.369 e. The summed E-state index contributed by atoms with van der Waals surface area (Å²) in [6.07, 6.45) is 2.23. The lowest BCUT2D eigenvalue weighted by atomic mass is 10.2. The number of thiophene rings is 1. The topological polar surface area (TPSA) is 73.8 Å². The van der Waals surface area contributed by atoms with E-state index >= 15 is 0 Å². The quantitative estimate of drug-likeness (QED) is 0.828. The first-order valence-electron chi connectivity index (χ1n) is 6.00. The molecule has 0 spiro atoms. The molecule has 0 aliphatic heterocycles. The van der Waals surface area contributed by atoms with Gasteiger partial charge in [0, 0.05) is 22.9 Å². The standard InChI is InChI=1S/C12H16N4OS2/c1-3-4-9-5-8(6-18-9)11-14-15-12(16(11)2)19-7-10(13)17/h5-6H,3-4,7H2,1-2H3,(H2,13,17). The summed E-state index contributed by atoms with van der Waals surface area (Å²) in [6.45, 7) is 2.17. The highest BCUT2D eigenvalue weighted by Crippen LogP contribution is 2.27. The molecule has 2 heterocycles. The normalized spacial score (nSPS) is 10.8. The molecule has 19 heavy (non-hydrogen) atoms. The number of carbonyl (C=O) groups is 1. The van der Waals surface area contributed by atoms with Gasteiger partial charge in [0.05, 0.1) is 5.75 Å². The Morgan fingerprint density at radius 1 is 1.53 bits per heavy atom. The zero-order chi connectivity index (χ0) is 13.8. The van der Waals surface area contributed by atoms with E-state index in [9.17, 15) is 4.79 Å². The monoisotopic (exact) mass is 296 g/mol. The van der Waals surface area contributed by atoms with Gasteiger partial charge in [-0.3, -0.25) is 4.79 Å². The third-order valence-electron chi connectivity index (χ3n) is 2.59. The summed E-state index contributed by atoms with van der Waals surface area (Å²) in [6, 6.07) is 2.15. The molecule has 5 nitrogen and oxygen atoms in total. The molecule has 7 heteroatoms. The van der Waals surface area contributed by atoms with Crippen LogP contribution in [0.25, 0.3) is 11.4 Å². The minimum absolute atomic E-state index is 0.219. The van der Waals surface area contributed by atoms with E-state index in [0.717, 1.165) is 24.2 Å². The molecule has 0 fully saturated rings. The van der Waals surface area contributed by atoms with E-state index in [0.29, 0.717) is 5.16 Å².